The molecule has 2 aromatic rings. The summed E-state index contributed by atoms with van der Waals surface area (Å²) in [5.41, 5.74) is 0.661. The van der Waals surface area contributed by atoms with Gasteiger partial charge in [-0.25, -0.2) is 9.07 Å². The Bertz CT molecular complexity index is 1110. The largest absolute Gasteiger partial charge is 0.394 e. The Balaban J connectivity index is 1.66. The summed E-state index contributed by atoms with van der Waals surface area (Å²) in [6, 6.07) is 3.96. The number of hydrogen-bond acceptors (Lipinski definition) is 9. The van der Waals surface area contributed by atoms with E-state index in [1.165, 1.54) is 21.7 Å². The van der Waals surface area contributed by atoms with Crippen molar-refractivity contribution in [2.45, 2.75) is 19.0 Å². The monoisotopic (exact) mass is 549 g/mol. The second-order valence-corrected chi connectivity index (χ2v) is 8.55. The van der Waals surface area contributed by atoms with Crippen LogP contribution in [0.3, 0.4) is 0 Å². The zero-order chi connectivity index (χ0) is 28.0. The van der Waals surface area contributed by atoms with Crippen molar-refractivity contribution in [2.24, 2.45) is 0 Å². The summed E-state index contributed by atoms with van der Waals surface area (Å²) in [4.78, 5) is 52.1. The van der Waals surface area contributed by atoms with Crippen molar-refractivity contribution in [1.82, 2.24) is 35.8 Å². The van der Waals surface area contributed by atoms with Gasteiger partial charge in [0.25, 0.3) is 5.91 Å². The van der Waals surface area contributed by atoms with Crippen molar-refractivity contribution in [3.05, 3.63) is 47.5 Å². The van der Waals surface area contributed by atoms with E-state index in [0.29, 0.717) is 5.69 Å². The summed E-state index contributed by atoms with van der Waals surface area (Å²) in [7, 11) is 0. The van der Waals surface area contributed by atoms with Crippen LogP contribution in [0.25, 0.3) is 0 Å². The number of nitrogens with zero attached hydrogens (tertiary/aromatic N) is 4. The molecule has 3 rings (SSSR count). The van der Waals surface area contributed by atoms with Gasteiger partial charge in [0.05, 0.1) is 45.2 Å². The van der Waals surface area contributed by atoms with Gasteiger partial charge in [-0.1, -0.05) is 5.21 Å². The van der Waals surface area contributed by atoms with Gasteiger partial charge in [0, 0.05) is 37.8 Å². The lowest BCUT2D eigenvalue weighted by Gasteiger charge is -2.24. The fourth-order valence-corrected chi connectivity index (χ4v) is 3.62. The molecular weight excluding hydrogens is 517 g/mol. The molecule has 1 aliphatic heterocycles. The van der Waals surface area contributed by atoms with Gasteiger partial charge in [-0.05, 0) is 24.3 Å². The third-order valence-electron chi connectivity index (χ3n) is 5.58. The van der Waals surface area contributed by atoms with E-state index in [-0.39, 0.29) is 71.2 Å². The summed E-state index contributed by atoms with van der Waals surface area (Å²) in [5, 5.41) is 24.9. The molecule has 1 aromatic heterocycles. The molecule has 1 saturated heterocycles. The van der Waals surface area contributed by atoms with Gasteiger partial charge in [0.1, 0.15) is 18.5 Å². The standard InChI is InChI=1S/C24H32FN7O7/c25-18-3-1-17(2-4-18)23(36)26-5-7-31-15-21(34)28-20(13-19-14-32(8-9-33)30-29-19)24(37)27-6-10-38-11-12-39-16-22(31)35/h1-4,14,20,33H,5-13,15-16H2,(H,26,36)(H,27,37)(H,28,34)/t20-/m1/s1. The molecule has 0 bridgehead atoms. The van der Waals surface area contributed by atoms with E-state index in [2.05, 4.69) is 26.3 Å². The van der Waals surface area contributed by atoms with Crippen LogP contribution in [-0.4, -0.2) is 114 Å². The highest BCUT2D eigenvalue weighted by molar-refractivity contribution is 5.94. The second kappa shape index (κ2) is 15.5. The topological polar surface area (TPSA) is 177 Å². The normalized spacial score (nSPS) is 18.1. The summed E-state index contributed by atoms with van der Waals surface area (Å²) in [5.74, 6) is -2.52. The molecule has 0 aliphatic carbocycles. The first-order valence-corrected chi connectivity index (χ1v) is 12.4. The van der Waals surface area contributed by atoms with Crippen molar-refractivity contribution < 1.29 is 38.1 Å². The lowest BCUT2D eigenvalue weighted by molar-refractivity contribution is -0.140. The molecule has 1 fully saturated rings. The smallest absolute Gasteiger partial charge is 0.251 e. The molecule has 212 valence electrons. The number of benzene rings is 1. The zero-order valence-corrected chi connectivity index (χ0v) is 21.3. The molecule has 0 saturated carbocycles. The van der Waals surface area contributed by atoms with Crippen LogP contribution in [0.5, 0.6) is 0 Å². The van der Waals surface area contributed by atoms with Gasteiger partial charge in [0.15, 0.2) is 0 Å². The quantitative estimate of drug-likeness (QED) is 0.286. The molecule has 0 unspecified atom stereocenters. The predicted octanol–water partition coefficient (Wildman–Crippen LogP) is -2.14. The van der Waals surface area contributed by atoms with Gasteiger partial charge in [-0.3, -0.25) is 19.2 Å². The first-order valence-electron chi connectivity index (χ1n) is 12.4. The maximum atomic E-state index is 13.1. The van der Waals surface area contributed by atoms with Crippen LogP contribution in [0.15, 0.2) is 30.5 Å². The van der Waals surface area contributed by atoms with Crippen LogP contribution in [-0.2, 0) is 36.8 Å². The number of amides is 4. The van der Waals surface area contributed by atoms with Crippen LogP contribution < -0.4 is 16.0 Å². The first kappa shape index (κ1) is 29.6. The van der Waals surface area contributed by atoms with Crippen LogP contribution in [0.1, 0.15) is 16.1 Å². The summed E-state index contributed by atoms with van der Waals surface area (Å²) >= 11 is 0. The molecule has 39 heavy (non-hydrogen) atoms. The Morgan fingerprint density at radius 3 is 2.67 bits per heavy atom. The second-order valence-electron chi connectivity index (χ2n) is 8.55. The number of aliphatic hydroxyl groups is 1. The molecule has 0 radical (unpaired) electrons. The Morgan fingerprint density at radius 1 is 1.13 bits per heavy atom. The number of aromatic nitrogens is 3. The van der Waals surface area contributed by atoms with Crippen LogP contribution in [0.2, 0.25) is 0 Å². The van der Waals surface area contributed by atoms with Crippen LogP contribution in [0, 0.1) is 5.82 Å². The first-order chi connectivity index (χ1) is 18.9. The molecule has 1 atom stereocenters. The molecule has 0 spiro atoms. The maximum absolute atomic E-state index is 13.1. The van der Waals surface area contributed by atoms with Crippen LogP contribution in [0.4, 0.5) is 4.39 Å². The minimum Gasteiger partial charge on any atom is -0.394 e. The number of nitrogens with one attached hydrogen (secondary N) is 3. The van der Waals surface area contributed by atoms with E-state index in [1.807, 2.05) is 0 Å². The van der Waals surface area contributed by atoms with E-state index >= 15 is 0 Å². The number of halogens is 1. The van der Waals surface area contributed by atoms with Crippen molar-refractivity contribution >= 4 is 23.6 Å². The lowest BCUT2D eigenvalue weighted by Crippen LogP contribution is -2.52. The molecule has 4 amide bonds. The average Bonchev–Trinajstić information content (AvgIpc) is 3.35. The lowest BCUT2D eigenvalue weighted by atomic mass is 10.1. The number of aliphatic hydroxyl groups excluding tert-OH is 1. The number of carbonyl (C=O) groups excluding carboxylic acids is 4. The highest BCUT2D eigenvalue weighted by atomic mass is 19.1. The summed E-state index contributed by atoms with van der Waals surface area (Å²) < 4.78 is 25.3. The van der Waals surface area contributed by atoms with Crippen molar-refractivity contribution in [2.75, 3.05) is 59.2 Å². The fourth-order valence-electron chi connectivity index (χ4n) is 3.62. The molecule has 15 heteroatoms. The van der Waals surface area contributed by atoms with Gasteiger partial charge < -0.3 is 35.4 Å². The molecule has 1 aromatic carbocycles. The highest BCUT2D eigenvalue weighted by Gasteiger charge is 2.25. The van der Waals surface area contributed by atoms with E-state index in [9.17, 15) is 23.6 Å². The van der Waals surface area contributed by atoms with Gasteiger partial charge >= 0.3 is 0 Å². The number of ether oxygens (including phenoxy) is 2. The Hall–Kier alpha value is -3.95. The fraction of sp³-hybridized carbons (Fsp3) is 0.500. The molecule has 2 heterocycles. The minimum absolute atomic E-state index is 0.0101. The number of rotatable bonds is 8. The SMILES string of the molecule is O=C1CN(CCNC(=O)c2ccc(F)cc2)C(=O)COCCOCCNC(=O)[C@@H](Cc2cn(CCO)nn2)N1. The van der Waals surface area contributed by atoms with Gasteiger partial charge in [0.2, 0.25) is 17.7 Å². The van der Waals surface area contributed by atoms with E-state index in [1.54, 1.807) is 6.20 Å². The third-order valence-corrected chi connectivity index (χ3v) is 5.58. The Labute approximate surface area is 223 Å². The Morgan fingerprint density at radius 2 is 1.90 bits per heavy atom. The summed E-state index contributed by atoms with van der Waals surface area (Å²) in [6.45, 7) is 0.104. The van der Waals surface area contributed by atoms with Crippen molar-refractivity contribution in [3.8, 4) is 0 Å². The highest BCUT2D eigenvalue weighted by Crippen LogP contribution is 2.04. The molecular formula is C24H32FN7O7. The van der Waals surface area contributed by atoms with Gasteiger partial charge in [-0.15, -0.1) is 5.10 Å². The van der Waals surface area contributed by atoms with Crippen molar-refractivity contribution in [3.63, 3.8) is 0 Å². The minimum atomic E-state index is -1.02. The zero-order valence-electron chi connectivity index (χ0n) is 21.3. The summed E-state index contributed by atoms with van der Waals surface area (Å²) in [6.07, 6.45) is 1.58. The average molecular weight is 550 g/mol. The molecule has 14 nitrogen and oxygen atoms in total. The number of hydrogen-bond donors (Lipinski definition) is 4. The maximum Gasteiger partial charge on any atom is 0.251 e. The van der Waals surface area contributed by atoms with E-state index in [4.69, 9.17) is 14.6 Å². The predicted molar refractivity (Wildman–Crippen MR) is 133 cm³/mol. The third kappa shape index (κ3) is 10.0. The van der Waals surface area contributed by atoms with E-state index in [0.717, 1.165) is 12.1 Å². The van der Waals surface area contributed by atoms with E-state index < -0.39 is 42.0 Å². The number of carbonyl (C=O) groups is 4. The molecule has 4 N–H and O–H groups in total. The van der Waals surface area contributed by atoms with Crippen molar-refractivity contribution in [1.29, 1.82) is 0 Å². The van der Waals surface area contributed by atoms with Crippen LogP contribution >= 0.6 is 0 Å². The molecule has 1 aliphatic rings. The Kier molecular flexibility index (Phi) is 11.7. The van der Waals surface area contributed by atoms with Gasteiger partial charge in [-0.2, -0.15) is 0 Å².